The van der Waals surface area contributed by atoms with Crippen LogP contribution < -0.4 is 5.32 Å². The van der Waals surface area contributed by atoms with E-state index in [1.165, 1.54) is 0 Å². The number of fused-ring (bicyclic) bond motifs is 3. The van der Waals surface area contributed by atoms with Crippen LogP contribution in [-0.2, 0) is 4.79 Å². The van der Waals surface area contributed by atoms with Gasteiger partial charge in [-0.2, -0.15) is 0 Å². The average molecular weight is 302 g/mol. The zero-order chi connectivity index (χ0) is 14.7. The summed E-state index contributed by atoms with van der Waals surface area (Å²) in [6, 6.07) is 13.6. The second-order valence-electron chi connectivity index (χ2n) is 5.00. The lowest BCUT2D eigenvalue weighted by molar-refractivity contribution is -0.116. The highest BCUT2D eigenvalue weighted by molar-refractivity contribution is 6.17. The molecule has 1 amide bonds. The third kappa shape index (κ3) is 3.03. The van der Waals surface area contributed by atoms with Crippen LogP contribution in [0, 0.1) is 0 Å². The maximum atomic E-state index is 11.8. The van der Waals surface area contributed by atoms with Gasteiger partial charge in [-0.25, -0.2) is 0 Å². The molecule has 1 aromatic heterocycles. The zero-order valence-corrected chi connectivity index (χ0v) is 12.3. The molecule has 1 N–H and O–H groups in total. The molecule has 0 unspecified atom stereocenters. The van der Waals surface area contributed by atoms with E-state index >= 15 is 0 Å². The van der Waals surface area contributed by atoms with E-state index in [2.05, 4.69) is 5.32 Å². The molecule has 108 valence electrons. The van der Waals surface area contributed by atoms with Crippen molar-refractivity contribution >= 4 is 45.1 Å². The summed E-state index contributed by atoms with van der Waals surface area (Å²) < 4.78 is 5.76. The van der Waals surface area contributed by atoms with Gasteiger partial charge in [0.25, 0.3) is 0 Å². The molecule has 0 aliphatic rings. The van der Waals surface area contributed by atoms with E-state index in [1.807, 2.05) is 42.5 Å². The molecule has 0 saturated carbocycles. The van der Waals surface area contributed by atoms with E-state index < -0.39 is 0 Å². The number of nitrogens with one attached hydrogen (secondary N) is 1. The minimum atomic E-state index is 0.0206. The quantitative estimate of drug-likeness (QED) is 0.536. The molecule has 3 aromatic rings. The summed E-state index contributed by atoms with van der Waals surface area (Å²) in [7, 11) is 0. The smallest absolute Gasteiger partial charge is 0.224 e. The Balaban J connectivity index is 1.83. The van der Waals surface area contributed by atoms with Gasteiger partial charge in [-0.15, -0.1) is 11.6 Å². The van der Waals surface area contributed by atoms with Crippen molar-refractivity contribution in [3.8, 4) is 0 Å². The summed E-state index contributed by atoms with van der Waals surface area (Å²) in [5, 5.41) is 5.00. The van der Waals surface area contributed by atoms with E-state index in [0.717, 1.165) is 40.5 Å². The summed E-state index contributed by atoms with van der Waals surface area (Å²) in [5.41, 5.74) is 2.49. The normalized spacial score (nSPS) is 11.1. The molecule has 0 atom stereocenters. The van der Waals surface area contributed by atoms with Crippen LogP contribution in [0.5, 0.6) is 0 Å². The molecule has 0 radical (unpaired) electrons. The molecule has 1 heterocycles. The van der Waals surface area contributed by atoms with Gasteiger partial charge in [-0.1, -0.05) is 18.2 Å². The fraction of sp³-hybridized carbons (Fsp3) is 0.235. The molecule has 21 heavy (non-hydrogen) atoms. The van der Waals surface area contributed by atoms with Crippen molar-refractivity contribution in [2.24, 2.45) is 0 Å². The van der Waals surface area contributed by atoms with Crippen molar-refractivity contribution in [2.75, 3.05) is 11.2 Å². The van der Waals surface area contributed by atoms with Crippen molar-refractivity contribution < 1.29 is 9.21 Å². The maximum absolute atomic E-state index is 11.8. The minimum absolute atomic E-state index is 0.0206. The van der Waals surface area contributed by atoms with Gasteiger partial charge in [-0.05, 0) is 37.1 Å². The summed E-state index contributed by atoms with van der Waals surface area (Å²) in [4.78, 5) is 11.8. The number of anilines is 1. The van der Waals surface area contributed by atoms with E-state index in [1.54, 1.807) is 0 Å². The number of halogens is 1. The molecular weight excluding hydrogens is 286 g/mol. The number of rotatable bonds is 5. The lowest BCUT2D eigenvalue weighted by Crippen LogP contribution is -2.10. The van der Waals surface area contributed by atoms with Crippen LogP contribution in [0.1, 0.15) is 19.3 Å². The number of alkyl halides is 1. The number of hydrogen-bond acceptors (Lipinski definition) is 2. The molecule has 0 fully saturated rings. The van der Waals surface area contributed by atoms with Gasteiger partial charge in [-0.3, -0.25) is 4.79 Å². The molecule has 0 aliphatic heterocycles. The monoisotopic (exact) mass is 301 g/mol. The minimum Gasteiger partial charge on any atom is -0.456 e. The Kier molecular flexibility index (Phi) is 4.11. The van der Waals surface area contributed by atoms with E-state index in [4.69, 9.17) is 16.0 Å². The van der Waals surface area contributed by atoms with Gasteiger partial charge in [0.15, 0.2) is 0 Å². The van der Waals surface area contributed by atoms with Gasteiger partial charge >= 0.3 is 0 Å². The number of hydrogen-bond donors (Lipinski definition) is 1. The predicted molar refractivity (Wildman–Crippen MR) is 86.9 cm³/mol. The Morgan fingerprint density at radius 1 is 1.05 bits per heavy atom. The molecule has 0 bridgehead atoms. The number of unbranched alkanes of at least 4 members (excludes halogenated alkanes) is 1. The first-order valence-corrected chi connectivity index (χ1v) is 7.58. The molecule has 0 saturated heterocycles. The number of amides is 1. The van der Waals surface area contributed by atoms with Crippen LogP contribution >= 0.6 is 11.6 Å². The SMILES string of the molecule is O=C(CCCCCl)Nc1ccc2oc3ccccc3c2c1. The first-order chi connectivity index (χ1) is 10.3. The Hall–Kier alpha value is -2.00. The van der Waals surface area contributed by atoms with Crippen molar-refractivity contribution in [1.82, 2.24) is 0 Å². The topological polar surface area (TPSA) is 42.2 Å². The number of para-hydroxylation sites is 1. The Morgan fingerprint density at radius 3 is 2.71 bits per heavy atom. The average Bonchev–Trinajstić information content (AvgIpc) is 2.86. The molecule has 3 rings (SSSR count). The van der Waals surface area contributed by atoms with E-state index in [-0.39, 0.29) is 5.91 Å². The fourth-order valence-electron chi connectivity index (χ4n) is 2.41. The van der Waals surface area contributed by atoms with E-state index in [9.17, 15) is 4.79 Å². The first-order valence-electron chi connectivity index (χ1n) is 7.05. The second-order valence-corrected chi connectivity index (χ2v) is 5.38. The van der Waals surface area contributed by atoms with Gasteiger partial charge in [0, 0.05) is 28.8 Å². The van der Waals surface area contributed by atoms with Crippen LogP contribution in [-0.4, -0.2) is 11.8 Å². The van der Waals surface area contributed by atoms with Crippen LogP contribution in [0.3, 0.4) is 0 Å². The molecule has 2 aromatic carbocycles. The van der Waals surface area contributed by atoms with E-state index in [0.29, 0.717) is 12.3 Å². The maximum Gasteiger partial charge on any atom is 0.224 e. The van der Waals surface area contributed by atoms with Crippen LogP contribution in [0.25, 0.3) is 21.9 Å². The van der Waals surface area contributed by atoms with Crippen LogP contribution in [0.15, 0.2) is 46.9 Å². The summed E-state index contributed by atoms with van der Waals surface area (Å²) in [6.45, 7) is 0. The highest BCUT2D eigenvalue weighted by Crippen LogP contribution is 2.30. The van der Waals surface area contributed by atoms with Crippen molar-refractivity contribution in [1.29, 1.82) is 0 Å². The number of furan rings is 1. The van der Waals surface area contributed by atoms with Gasteiger partial charge in [0.05, 0.1) is 0 Å². The predicted octanol–water partition coefficient (Wildman–Crippen LogP) is 4.93. The van der Waals surface area contributed by atoms with Crippen molar-refractivity contribution in [3.63, 3.8) is 0 Å². The lowest BCUT2D eigenvalue weighted by Gasteiger charge is -2.04. The number of carbonyl (C=O) groups is 1. The second kappa shape index (κ2) is 6.19. The largest absolute Gasteiger partial charge is 0.456 e. The highest BCUT2D eigenvalue weighted by atomic mass is 35.5. The zero-order valence-electron chi connectivity index (χ0n) is 11.6. The third-order valence-corrected chi connectivity index (χ3v) is 3.72. The molecule has 4 heteroatoms. The molecule has 0 aliphatic carbocycles. The fourth-order valence-corrected chi connectivity index (χ4v) is 2.60. The Labute approximate surface area is 127 Å². The molecular formula is C17H16ClNO2. The van der Waals surface area contributed by atoms with Gasteiger partial charge in [0.1, 0.15) is 11.2 Å². The lowest BCUT2D eigenvalue weighted by atomic mass is 10.1. The van der Waals surface area contributed by atoms with Crippen molar-refractivity contribution in [3.05, 3.63) is 42.5 Å². The third-order valence-electron chi connectivity index (χ3n) is 3.45. The first kappa shape index (κ1) is 14.0. The summed E-state index contributed by atoms with van der Waals surface area (Å²) in [6.07, 6.45) is 2.17. The molecule has 0 spiro atoms. The highest BCUT2D eigenvalue weighted by Gasteiger charge is 2.08. The summed E-state index contributed by atoms with van der Waals surface area (Å²) in [5.74, 6) is 0.618. The number of benzene rings is 2. The van der Waals surface area contributed by atoms with Crippen molar-refractivity contribution in [2.45, 2.75) is 19.3 Å². The van der Waals surface area contributed by atoms with Crippen LogP contribution in [0.2, 0.25) is 0 Å². The number of carbonyl (C=O) groups excluding carboxylic acids is 1. The standard InChI is InChI=1S/C17H16ClNO2/c18-10-4-3-7-17(20)19-12-8-9-16-14(11-12)13-5-1-2-6-15(13)21-16/h1-2,5-6,8-9,11H,3-4,7,10H2,(H,19,20). The Morgan fingerprint density at radius 2 is 1.86 bits per heavy atom. The van der Waals surface area contributed by atoms with Gasteiger partial charge < -0.3 is 9.73 Å². The van der Waals surface area contributed by atoms with Crippen LogP contribution in [0.4, 0.5) is 5.69 Å². The van der Waals surface area contributed by atoms with Gasteiger partial charge in [0.2, 0.25) is 5.91 Å². The summed E-state index contributed by atoms with van der Waals surface area (Å²) >= 11 is 5.61. The Bertz CT molecular complexity index is 779. The molecule has 3 nitrogen and oxygen atoms in total.